The van der Waals surface area contributed by atoms with Gasteiger partial charge in [-0.3, -0.25) is 58.9 Å². The van der Waals surface area contributed by atoms with Gasteiger partial charge < -0.3 is 35.8 Å². The van der Waals surface area contributed by atoms with E-state index in [1.807, 2.05) is 33.1 Å². The Balaban J connectivity index is 0.000000284. The van der Waals surface area contributed by atoms with E-state index < -0.39 is 5.97 Å². The number of thiazole rings is 1. The molecule has 11 rings (SSSR count). The summed E-state index contributed by atoms with van der Waals surface area (Å²) in [5.41, 5.74) is 14.9. The number of aliphatic imine (C=N–C) groups is 4. The maximum atomic E-state index is 12.1. The number of pyridine rings is 5. The SMILES string of the molecule is C.C1CCOC1.C=C(OCC)c1nccc2c1N=C(C)CC2=O.CC1=Nc2c(ccnc2-c2csc(NCCO)n2)C(=O)C1.CC1=Nc2c(ccnc2C(=O)CBr)C(=O)C1.CC1=Nc2c(ccnc2Cl)C(=O)C1.CCO.Nc1c(C(=O)O)ccnc1Cl.[B]=NS. The number of aliphatic hydroxyl groups is 2. The van der Waals surface area contributed by atoms with E-state index in [0.717, 1.165) is 30.3 Å². The molecule has 475 valence electrons. The molecule has 0 aromatic carbocycles. The minimum atomic E-state index is -1.10. The molecular formula is C60H68BBrCl2N13O11S2. The van der Waals surface area contributed by atoms with Crippen molar-refractivity contribution in [2.75, 3.05) is 56.0 Å². The summed E-state index contributed by atoms with van der Waals surface area (Å²) in [5.74, 6) is -0.624. The van der Waals surface area contributed by atoms with Gasteiger partial charge in [-0.05, 0) is 84.7 Å². The molecule has 6 aromatic rings. The molecule has 0 atom stereocenters. The minimum absolute atomic E-state index is 0. The molecule has 30 heteroatoms. The van der Waals surface area contributed by atoms with Crippen LogP contribution in [0.15, 0.2) is 97.5 Å². The van der Waals surface area contributed by atoms with Crippen LogP contribution in [-0.2, 0) is 9.47 Å². The average Bonchev–Trinajstić information content (AvgIpc) is 1.36. The second-order valence-corrected chi connectivity index (χ2v) is 21.0. The number of nitrogens with one attached hydrogen (secondary N) is 1. The van der Waals surface area contributed by atoms with Gasteiger partial charge in [-0.15, -0.1) is 11.3 Å². The van der Waals surface area contributed by atoms with Crippen LogP contribution in [0.5, 0.6) is 0 Å². The number of aromatic carboxylic acids is 1. The summed E-state index contributed by atoms with van der Waals surface area (Å²) in [6.07, 6.45) is 11.5. The third-order valence-electron chi connectivity index (χ3n) is 11.8. The predicted molar refractivity (Wildman–Crippen MR) is 362 cm³/mol. The number of carbonyl (C=O) groups excluding carboxylic acids is 5. The second-order valence-electron chi connectivity index (χ2n) is 18.7. The summed E-state index contributed by atoms with van der Waals surface area (Å²) in [6.45, 7) is 17.9. The molecule has 0 amide bonds. The van der Waals surface area contributed by atoms with Crippen LogP contribution in [0.25, 0.3) is 17.1 Å². The van der Waals surface area contributed by atoms with Gasteiger partial charge in [0.1, 0.15) is 51.3 Å². The van der Waals surface area contributed by atoms with Crippen LogP contribution in [0.4, 0.5) is 33.6 Å². The van der Waals surface area contributed by atoms with Crippen molar-refractivity contribution in [2.24, 2.45) is 24.3 Å². The number of nitrogen functional groups attached to an aromatic ring is 1. The van der Waals surface area contributed by atoms with Crippen LogP contribution in [0.3, 0.4) is 0 Å². The molecular weight excluding hydrogens is 1300 g/mol. The van der Waals surface area contributed by atoms with Gasteiger partial charge in [-0.1, -0.05) is 53.1 Å². The van der Waals surface area contributed by atoms with Gasteiger partial charge in [-0.25, -0.2) is 19.7 Å². The van der Waals surface area contributed by atoms with Crippen molar-refractivity contribution in [2.45, 2.75) is 87.5 Å². The van der Waals surface area contributed by atoms with Gasteiger partial charge in [0.25, 0.3) is 0 Å². The maximum absolute atomic E-state index is 12.1. The fourth-order valence-electron chi connectivity index (χ4n) is 8.04. The van der Waals surface area contributed by atoms with E-state index in [-0.39, 0.29) is 77.0 Å². The van der Waals surface area contributed by atoms with Crippen LogP contribution >= 0.6 is 63.3 Å². The fraction of sp³-hybridized carbons (Fsp3) is 0.333. The van der Waals surface area contributed by atoms with E-state index in [2.05, 4.69) is 102 Å². The first-order valence-electron chi connectivity index (χ1n) is 27.1. The number of fused-ring (bicyclic) bond motifs is 4. The molecule has 90 heavy (non-hydrogen) atoms. The van der Waals surface area contributed by atoms with E-state index in [0.29, 0.717) is 123 Å². The Kier molecular flexibility index (Phi) is 33.4. The Labute approximate surface area is 550 Å². The number of alkyl halides is 1. The van der Waals surface area contributed by atoms with Crippen LogP contribution in [-0.4, -0.2) is 156 Å². The van der Waals surface area contributed by atoms with E-state index in [1.54, 1.807) is 50.5 Å². The second kappa shape index (κ2) is 39.3. The van der Waals surface area contributed by atoms with Gasteiger partial charge in [0, 0.05) is 134 Å². The number of carbonyl (C=O) groups is 6. The van der Waals surface area contributed by atoms with Crippen molar-refractivity contribution >= 4 is 168 Å². The first-order chi connectivity index (χ1) is 42.6. The van der Waals surface area contributed by atoms with E-state index in [1.165, 1.54) is 48.8 Å². The molecule has 0 aliphatic carbocycles. The Morgan fingerprint density at radius 1 is 0.733 bits per heavy atom. The molecule has 6 N–H and O–H groups in total. The van der Waals surface area contributed by atoms with Gasteiger partial charge in [0.15, 0.2) is 44.4 Å². The Morgan fingerprint density at radius 3 is 1.61 bits per heavy atom. The third kappa shape index (κ3) is 22.6. The first kappa shape index (κ1) is 76.4. The predicted octanol–water partition coefficient (Wildman–Crippen LogP) is 12.4. The number of thiol groups is 1. The number of aliphatic hydroxyl groups excluding tert-OH is 2. The van der Waals surface area contributed by atoms with Crippen LogP contribution in [0, 0.1) is 0 Å². The summed E-state index contributed by atoms with van der Waals surface area (Å²) in [5, 5.41) is 31.0. The summed E-state index contributed by atoms with van der Waals surface area (Å²) in [4.78, 5) is 111. The molecule has 1 fully saturated rings. The number of nitrogens with zero attached hydrogens (tertiary/aromatic N) is 11. The molecule has 6 aromatic heterocycles. The summed E-state index contributed by atoms with van der Waals surface area (Å²) >= 11 is 19.0. The fourth-order valence-corrected chi connectivity index (χ4v) is 9.39. The van der Waals surface area contributed by atoms with Crippen molar-refractivity contribution in [1.29, 1.82) is 0 Å². The molecule has 0 spiro atoms. The topological polar surface area (TPSA) is 359 Å². The molecule has 11 heterocycles. The van der Waals surface area contributed by atoms with Crippen LogP contribution < -0.4 is 11.1 Å². The van der Waals surface area contributed by atoms with Crippen molar-refractivity contribution in [1.82, 2.24) is 29.9 Å². The average molecular weight is 1370 g/mol. The van der Waals surface area contributed by atoms with Gasteiger partial charge in [0.05, 0.1) is 29.8 Å². The number of Topliss-reactive ketones (excluding diaryl/α,β-unsaturated/α-hetero) is 5. The Hall–Kier alpha value is -7.83. The molecule has 5 aliphatic rings. The summed E-state index contributed by atoms with van der Waals surface area (Å²) in [7, 11) is 4.34. The number of hydrogen-bond acceptors (Lipinski definition) is 25. The molecule has 1 radical (unpaired) electrons. The Bertz CT molecular complexity index is 3690. The quantitative estimate of drug-likeness (QED) is 0.0185. The number of ketones is 5. The molecule has 0 saturated carbocycles. The zero-order chi connectivity index (χ0) is 65.7. The zero-order valence-corrected chi connectivity index (χ0v) is 54.2. The summed E-state index contributed by atoms with van der Waals surface area (Å²) < 4.78 is 13.0. The number of ether oxygens (including phenoxy) is 2. The van der Waals surface area contributed by atoms with Crippen molar-refractivity contribution in [3.8, 4) is 11.4 Å². The van der Waals surface area contributed by atoms with Crippen molar-refractivity contribution < 1.29 is 53.6 Å². The molecule has 1 saturated heterocycles. The number of anilines is 2. The molecule has 0 bridgehead atoms. The first-order valence-corrected chi connectivity index (χ1v) is 30.2. The number of hydrogen-bond donors (Lipinski definition) is 6. The van der Waals surface area contributed by atoms with Crippen LogP contribution in [0.2, 0.25) is 10.3 Å². The molecule has 0 unspecified atom stereocenters. The number of nitrogens with two attached hydrogens (primary N) is 1. The number of carboxylic acids is 1. The summed E-state index contributed by atoms with van der Waals surface area (Å²) in [6, 6.07) is 7.95. The molecule has 5 aliphatic heterocycles. The Morgan fingerprint density at radius 2 is 1.16 bits per heavy atom. The van der Waals surface area contributed by atoms with Gasteiger partial charge >= 0.3 is 30.7 Å². The third-order valence-corrected chi connectivity index (χ3v) is 13.7. The van der Waals surface area contributed by atoms with E-state index in [9.17, 15) is 28.8 Å². The number of rotatable bonds is 10. The van der Waals surface area contributed by atoms with Gasteiger partial charge in [0.2, 0.25) is 0 Å². The van der Waals surface area contributed by atoms with Crippen molar-refractivity contribution in [3.63, 3.8) is 0 Å². The number of halogens is 3. The van der Waals surface area contributed by atoms with Gasteiger partial charge in [-0.2, -0.15) is 0 Å². The normalized spacial score (nSPS) is 13.5. The van der Waals surface area contributed by atoms with E-state index >= 15 is 0 Å². The van der Waals surface area contributed by atoms with E-state index in [4.69, 9.17) is 53.7 Å². The zero-order valence-electron chi connectivity index (χ0n) is 49.4. The van der Waals surface area contributed by atoms with Crippen LogP contribution in [0.1, 0.15) is 155 Å². The number of aromatic nitrogens is 6. The monoisotopic (exact) mass is 1370 g/mol. The molecule has 24 nitrogen and oxygen atoms in total. The van der Waals surface area contributed by atoms with Crippen molar-refractivity contribution in [3.05, 3.63) is 123 Å². The standard InChI is InChI=1S/C14H14N4O2S.C13H14N2O2.C11H9BrN2O2.C9H7ClN2O.C6H5ClN2O2.C4H8O.C2H6O.CH4.BHNS/c1-8-6-11(20)9-2-3-15-13(12(9)17-8)10-7-21-14(18-10)16-4-5-19;1-4-17-9(3)12-13-10(5-6-14-12)11(16)7-8(2)15-13;1-6-4-8(15)7-2-3-13-11(9(16)5-12)10(7)14-6;1-5-4-7(13)6-2-3-11-9(10)8(6)12-5;7-5-4(8)3(6(10)11)1-2-9-5;1-2-4-5-3-1;1-2-3;;1-2-3/h2-3,7,19H,4-6H2,1H3,(H,16,18);5-6H,3-4,7H2,1-2H3;2-3H,4-5H2,1H3;2-3H,4H2,1H3;1-2H,8H2,(H,10,11);1-4H2;3H,2H2,1H3;1H4;3H. The number of carboxylic acid groups (broad SMARTS) is 1.